The molecule has 0 aromatic heterocycles. The number of rotatable bonds is 5. The molecule has 1 N–H and O–H groups in total. The highest BCUT2D eigenvalue weighted by atomic mass is 79.9. The van der Waals surface area contributed by atoms with Crippen LogP contribution in [0.4, 0.5) is 5.69 Å². The summed E-state index contributed by atoms with van der Waals surface area (Å²) in [6.45, 7) is -0.129. The smallest absolute Gasteiger partial charge is 0.337 e. The number of amides is 1. The van der Waals surface area contributed by atoms with Crippen LogP contribution >= 0.6 is 15.9 Å². The number of carbonyl (C=O) groups is 2. The van der Waals surface area contributed by atoms with E-state index in [2.05, 4.69) is 26.0 Å². The lowest BCUT2D eigenvalue weighted by atomic mass is 10.1. The van der Waals surface area contributed by atoms with E-state index in [1.165, 1.54) is 7.11 Å². The Kier molecular flexibility index (Phi) is 5.53. The molecule has 132 valence electrons. The van der Waals surface area contributed by atoms with Crippen molar-refractivity contribution in [3.8, 4) is 5.75 Å². The van der Waals surface area contributed by atoms with Crippen molar-refractivity contribution in [2.45, 2.75) is 0 Å². The third-order valence-corrected chi connectivity index (χ3v) is 4.59. The molecule has 3 aromatic rings. The number of carbonyl (C=O) groups excluding carboxylic acids is 2. The van der Waals surface area contributed by atoms with Gasteiger partial charge in [0.05, 0.1) is 17.1 Å². The van der Waals surface area contributed by atoms with Gasteiger partial charge < -0.3 is 14.8 Å². The molecule has 5 nitrogen and oxygen atoms in total. The average molecular weight is 414 g/mol. The molecule has 26 heavy (non-hydrogen) atoms. The zero-order valence-corrected chi connectivity index (χ0v) is 15.6. The van der Waals surface area contributed by atoms with Crippen LogP contribution < -0.4 is 10.1 Å². The van der Waals surface area contributed by atoms with Gasteiger partial charge in [-0.15, -0.1) is 0 Å². The molecule has 1 amide bonds. The summed E-state index contributed by atoms with van der Waals surface area (Å²) in [7, 11) is 1.32. The van der Waals surface area contributed by atoms with E-state index >= 15 is 0 Å². The van der Waals surface area contributed by atoms with Crippen LogP contribution in [0.15, 0.2) is 65.1 Å². The van der Waals surface area contributed by atoms with Gasteiger partial charge in [-0.25, -0.2) is 4.79 Å². The molecule has 6 heteroatoms. The molecule has 0 fully saturated rings. The Morgan fingerprint density at radius 3 is 2.46 bits per heavy atom. The van der Waals surface area contributed by atoms with Crippen molar-refractivity contribution in [2.75, 3.05) is 19.0 Å². The first-order valence-corrected chi connectivity index (χ1v) is 8.66. The highest BCUT2D eigenvalue weighted by Gasteiger charge is 2.10. The van der Waals surface area contributed by atoms with Crippen molar-refractivity contribution in [1.29, 1.82) is 0 Å². The average Bonchev–Trinajstić information content (AvgIpc) is 2.67. The van der Waals surface area contributed by atoms with Gasteiger partial charge in [0.15, 0.2) is 6.61 Å². The standard InChI is InChI=1S/C20H16BrNO4/c1-25-20(24)14-6-9-15(10-7-14)22-18(23)12-26-17-11-8-13-4-2-3-5-16(13)19(17)21/h2-11H,12H2,1H3,(H,22,23). The second kappa shape index (κ2) is 8.01. The lowest BCUT2D eigenvalue weighted by Gasteiger charge is -2.11. The van der Waals surface area contributed by atoms with Gasteiger partial charge in [0.25, 0.3) is 5.91 Å². The minimum Gasteiger partial charge on any atom is -0.483 e. The minimum absolute atomic E-state index is 0.129. The summed E-state index contributed by atoms with van der Waals surface area (Å²) in [6.07, 6.45) is 0. The quantitative estimate of drug-likeness (QED) is 0.629. The van der Waals surface area contributed by atoms with Crippen molar-refractivity contribution in [2.24, 2.45) is 0 Å². The Morgan fingerprint density at radius 1 is 1.00 bits per heavy atom. The molecule has 0 heterocycles. The van der Waals surface area contributed by atoms with Crippen LogP contribution in [0, 0.1) is 0 Å². The maximum absolute atomic E-state index is 12.1. The number of anilines is 1. The third-order valence-electron chi connectivity index (χ3n) is 3.78. The van der Waals surface area contributed by atoms with Crippen molar-refractivity contribution < 1.29 is 19.1 Å². The second-order valence-electron chi connectivity index (χ2n) is 5.50. The number of hydrogen-bond donors (Lipinski definition) is 1. The molecule has 0 radical (unpaired) electrons. The molecule has 0 saturated carbocycles. The molecule has 0 bridgehead atoms. The van der Waals surface area contributed by atoms with Gasteiger partial charge in [0.1, 0.15) is 5.75 Å². The molecule has 0 aliphatic rings. The zero-order chi connectivity index (χ0) is 18.5. The first-order chi connectivity index (χ1) is 12.6. The number of fused-ring (bicyclic) bond motifs is 1. The van der Waals surface area contributed by atoms with Crippen LogP contribution in [-0.4, -0.2) is 25.6 Å². The molecule has 0 saturated heterocycles. The molecule has 3 aromatic carbocycles. The molecule has 0 aliphatic heterocycles. The third kappa shape index (κ3) is 4.03. The first kappa shape index (κ1) is 17.9. The molecule has 3 rings (SSSR count). The number of hydrogen-bond acceptors (Lipinski definition) is 4. The predicted octanol–water partition coefficient (Wildman–Crippen LogP) is 4.41. The highest BCUT2D eigenvalue weighted by Crippen LogP contribution is 2.32. The van der Waals surface area contributed by atoms with Crippen LogP contribution in [0.1, 0.15) is 10.4 Å². The maximum atomic E-state index is 12.1. The van der Waals surface area contributed by atoms with E-state index in [0.29, 0.717) is 17.0 Å². The van der Waals surface area contributed by atoms with Gasteiger partial charge in [0, 0.05) is 5.69 Å². The molecule has 0 aliphatic carbocycles. The van der Waals surface area contributed by atoms with Crippen LogP contribution in [0.5, 0.6) is 5.75 Å². The van der Waals surface area contributed by atoms with E-state index in [1.54, 1.807) is 24.3 Å². The summed E-state index contributed by atoms with van der Waals surface area (Å²) in [6, 6.07) is 18.1. The largest absolute Gasteiger partial charge is 0.483 e. The summed E-state index contributed by atoms with van der Waals surface area (Å²) < 4.78 is 11.1. The highest BCUT2D eigenvalue weighted by molar-refractivity contribution is 9.10. The Balaban J connectivity index is 1.62. The van der Waals surface area contributed by atoms with Crippen LogP contribution in [0.2, 0.25) is 0 Å². The van der Waals surface area contributed by atoms with Crippen molar-refractivity contribution in [3.63, 3.8) is 0 Å². The fraction of sp³-hybridized carbons (Fsp3) is 0.100. The summed E-state index contributed by atoms with van der Waals surface area (Å²) >= 11 is 3.53. The topological polar surface area (TPSA) is 64.6 Å². The minimum atomic E-state index is -0.424. The monoisotopic (exact) mass is 413 g/mol. The van der Waals surface area contributed by atoms with Crippen molar-refractivity contribution in [3.05, 3.63) is 70.7 Å². The van der Waals surface area contributed by atoms with E-state index in [1.807, 2.05) is 36.4 Å². The van der Waals surface area contributed by atoms with Gasteiger partial charge in [-0.2, -0.15) is 0 Å². The molecular weight excluding hydrogens is 398 g/mol. The summed E-state index contributed by atoms with van der Waals surface area (Å²) in [5.41, 5.74) is 0.991. The van der Waals surface area contributed by atoms with Crippen LogP contribution in [-0.2, 0) is 9.53 Å². The summed E-state index contributed by atoms with van der Waals surface area (Å²) in [4.78, 5) is 23.5. The van der Waals surface area contributed by atoms with Crippen LogP contribution in [0.3, 0.4) is 0 Å². The Labute approximate surface area is 159 Å². The second-order valence-corrected chi connectivity index (χ2v) is 6.30. The van der Waals surface area contributed by atoms with Gasteiger partial charge in [0.2, 0.25) is 0 Å². The van der Waals surface area contributed by atoms with Crippen molar-refractivity contribution in [1.82, 2.24) is 0 Å². The number of nitrogens with one attached hydrogen (secondary N) is 1. The Bertz CT molecular complexity index is 954. The lowest BCUT2D eigenvalue weighted by molar-refractivity contribution is -0.118. The summed E-state index contributed by atoms with van der Waals surface area (Å²) in [5.74, 6) is -0.122. The summed E-state index contributed by atoms with van der Waals surface area (Å²) in [5, 5.41) is 4.82. The van der Waals surface area contributed by atoms with Crippen LogP contribution in [0.25, 0.3) is 10.8 Å². The van der Waals surface area contributed by atoms with Gasteiger partial charge in [-0.3, -0.25) is 4.79 Å². The lowest BCUT2D eigenvalue weighted by Crippen LogP contribution is -2.20. The Hall–Kier alpha value is -2.86. The normalized spacial score (nSPS) is 10.4. The SMILES string of the molecule is COC(=O)c1ccc(NC(=O)COc2ccc3ccccc3c2Br)cc1. The molecule has 0 spiro atoms. The van der Waals surface area contributed by atoms with E-state index in [0.717, 1.165) is 15.2 Å². The van der Waals surface area contributed by atoms with E-state index < -0.39 is 5.97 Å². The number of esters is 1. The fourth-order valence-corrected chi connectivity index (χ4v) is 3.08. The first-order valence-electron chi connectivity index (χ1n) is 7.87. The molecule has 0 atom stereocenters. The molecule has 0 unspecified atom stereocenters. The van der Waals surface area contributed by atoms with Gasteiger partial charge in [-0.1, -0.05) is 30.3 Å². The number of benzene rings is 3. The van der Waals surface area contributed by atoms with Gasteiger partial charge in [-0.05, 0) is 57.0 Å². The zero-order valence-electron chi connectivity index (χ0n) is 14.0. The maximum Gasteiger partial charge on any atom is 0.337 e. The van der Waals surface area contributed by atoms with E-state index in [9.17, 15) is 9.59 Å². The molecular formula is C20H16BrNO4. The number of methoxy groups -OCH3 is 1. The Morgan fingerprint density at radius 2 is 1.73 bits per heavy atom. The van der Waals surface area contributed by atoms with E-state index in [4.69, 9.17) is 4.74 Å². The van der Waals surface area contributed by atoms with E-state index in [-0.39, 0.29) is 12.5 Å². The number of halogens is 1. The fourth-order valence-electron chi connectivity index (χ4n) is 2.47. The predicted molar refractivity (Wildman–Crippen MR) is 104 cm³/mol. The van der Waals surface area contributed by atoms with Crippen molar-refractivity contribution >= 4 is 44.3 Å². The number of ether oxygens (including phenoxy) is 2. The van der Waals surface area contributed by atoms with Gasteiger partial charge >= 0.3 is 5.97 Å².